The predicted octanol–water partition coefficient (Wildman–Crippen LogP) is 3.93. The maximum atomic E-state index is 12.1. The number of rotatable bonds is 9. The molecular weight excluding hydrogens is 404 g/mol. The van der Waals surface area contributed by atoms with E-state index >= 15 is 0 Å². The molecule has 0 heterocycles. The molecule has 0 aliphatic heterocycles. The van der Waals surface area contributed by atoms with Gasteiger partial charge in [-0.05, 0) is 55.3 Å². The molecule has 0 bridgehead atoms. The number of guanidine groups is 1. The van der Waals surface area contributed by atoms with Crippen LogP contribution in [0.2, 0.25) is 5.02 Å². The van der Waals surface area contributed by atoms with Crippen LogP contribution in [0.4, 0.5) is 0 Å². The molecule has 0 saturated carbocycles. The monoisotopic (exact) mass is 432 g/mol. The maximum Gasteiger partial charge on any atom is 0.253 e. The first kappa shape index (κ1) is 23.1. The van der Waals surface area contributed by atoms with Crippen LogP contribution < -0.4 is 10.6 Å². The van der Waals surface area contributed by atoms with Gasteiger partial charge in [0.25, 0.3) is 5.91 Å². The Labute approximate surface area is 182 Å². The molecule has 2 rings (SSSR count). The van der Waals surface area contributed by atoms with Gasteiger partial charge in [-0.15, -0.1) is 11.8 Å². The first-order chi connectivity index (χ1) is 14.0. The van der Waals surface area contributed by atoms with Gasteiger partial charge in [0, 0.05) is 55.0 Å². The van der Waals surface area contributed by atoms with Crippen molar-refractivity contribution in [3.63, 3.8) is 0 Å². The molecule has 5 nitrogen and oxygen atoms in total. The maximum absolute atomic E-state index is 12.1. The van der Waals surface area contributed by atoms with E-state index in [4.69, 9.17) is 11.6 Å². The molecule has 0 aliphatic rings. The molecule has 0 saturated heterocycles. The van der Waals surface area contributed by atoms with Gasteiger partial charge in [-0.3, -0.25) is 9.79 Å². The standard InChI is InChI=1S/C22H29ClN4OS/c1-4-24-22(26-14-15-29-20-10-8-19(23)9-11-20)25-13-12-17-6-5-7-18(16-17)21(28)27(2)3/h5-11,16H,4,12-15H2,1-3H3,(H2,24,25,26). The lowest BCUT2D eigenvalue weighted by Crippen LogP contribution is -2.38. The number of amides is 1. The highest BCUT2D eigenvalue weighted by Gasteiger charge is 2.08. The van der Waals surface area contributed by atoms with Gasteiger partial charge in [-0.1, -0.05) is 23.7 Å². The van der Waals surface area contributed by atoms with Gasteiger partial charge in [-0.25, -0.2) is 0 Å². The zero-order valence-electron chi connectivity index (χ0n) is 17.2. The van der Waals surface area contributed by atoms with Crippen molar-refractivity contribution in [3.05, 3.63) is 64.7 Å². The highest BCUT2D eigenvalue weighted by Crippen LogP contribution is 2.19. The Bertz CT molecular complexity index is 809. The number of nitrogens with one attached hydrogen (secondary N) is 2. The molecule has 2 aromatic rings. The molecule has 2 aromatic carbocycles. The Morgan fingerprint density at radius 1 is 1.14 bits per heavy atom. The molecule has 0 fully saturated rings. The highest BCUT2D eigenvalue weighted by molar-refractivity contribution is 7.99. The Balaban J connectivity index is 1.81. The van der Waals surface area contributed by atoms with Crippen molar-refractivity contribution in [1.29, 1.82) is 0 Å². The third-order valence-electron chi connectivity index (χ3n) is 4.07. The third kappa shape index (κ3) is 8.38. The number of benzene rings is 2. The number of hydrogen-bond acceptors (Lipinski definition) is 3. The number of halogens is 1. The SMILES string of the molecule is CCNC(=NCCc1cccc(C(=O)N(C)C)c1)NCCSc1ccc(Cl)cc1. The van der Waals surface area contributed by atoms with Crippen molar-refractivity contribution in [2.24, 2.45) is 4.99 Å². The van der Waals surface area contributed by atoms with Gasteiger partial charge < -0.3 is 15.5 Å². The van der Waals surface area contributed by atoms with Crippen LogP contribution in [0.5, 0.6) is 0 Å². The van der Waals surface area contributed by atoms with Crippen molar-refractivity contribution in [2.45, 2.75) is 18.2 Å². The fourth-order valence-electron chi connectivity index (χ4n) is 2.63. The molecule has 0 atom stereocenters. The van der Waals surface area contributed by atoms with Gasteiger partial charge in [0.1, 0.15) is 0 Å². The quantitative estimate of drug-likeness (QED) is 0.273. The smallest absolute Gasteiger partial charge is 0.253 e. The summed E-state index contributed by atoms with van der Waals surface area (Å²) >= 11 is 7.69. The van der Waals surface area contributed by atoms with Crippen LogP contribution >= 0.6 is 23.4 Å². The van der Waals surface area contributed by atoms with Crippen molar-refractivity contribution >= 4 is 35.2 Å². The van der Waals surface area contributed by atoms with Gasteiger partial charge in [0.2, 0.25) is 0 Å². The first-order valence-electron chi connectivity index (χ1n) is 9.70. The van der Waals surface area contributed by atoms with E-state index in [9.17, 15) is 4.79 Å². The lowest BCUT2D eigenvalue weighted by molar-refractivity contribution is 0.0827. The van der Waals surface area contributed by atoms with Gasteiger partial charge in [0.15, 0.2) is 5.96 Å². The molecule has 0 aliphatic carbocycles. The van der Waals surface area contributed by atoms with E-state index in [1.807, 2.05) is 48.5 Å². The Morgan fingerprint density at radius 3 is 2.59 bits per heavy atom. The van der Waals surface area contributed by atoms with E-state index < -0.39 is 0 Å². The Hall–Kier alpha value is -2.18. The molecule has 1 amide bonds. The molecule has 2 N–H and O–H groups in total. The van der Waals surface area contributed by atoms with Gasteiger partial charge in [-0.2, -0.15) is 0 Å². The zero-order valence-corrected chi connectivity index (χ0v) is 18.8. The summed E-state index contributed by atoms with van der Waals surface area (Å²) in [6.45, 7) is 4.32. The van der Waals surface area contributed by atoms with Crippen LogP contribution in [0.3, 0.4) is 0 Å². The van der Waals surface area contributed by atoms with Crippen molar-refractivity contribution in [2.75, 3.05) is 39.5 Å². The summed E-state index contributed by atoms with van der Waals surface area (Å²) in [6, 6.07) is 15.6. The summed E-state index contributed by atoms with van der Waals surface area (Å²) < 4.78 is 0. The Kier molecular flexibility index (Phi) is 9.88. The van der Waals surface area contributed by atoms with Crippen molar-refractivity contribution < 1.29 is 4.79 Å². The highest BCUT2D eigenvalue weighted by atomic mass is 35.5. The second-order valence-electron chi connectivity index (χ2n) is 6.64. The summed E-state index contributed by atoms with van der Waals surface area (Å²) in [5.41, 5.74) is 1.82. The van der Waals surface area contributed by atoms with E-state index in [1.54, 1.807) is 30.8 Å². The molecular formula is C22H29ClN4OS. The minimum absolute atomic E-state index is 0.0172. The lowest BCUT2D eigenvalue weighted by atomic mass is 10.1. The molecule has 0 spiro atoms. The topological polar surface area (TPSA) is 56.7 Å². The predicted molar refractivity (Wildman–Crippen MR) is 124 cm³/mol. The number of nitrogens with zero attached hydrogens (tertiary/aromatic N) is 2. The first-order valence-corrected chi connectivity index (χ1v) is 11.1. The molecule has 156 valence electrons. The average Bonchev–Trinajstić information content (AvgIpc) is 2.72. The second kappa shape index (κ2) is 12.4. The lowest BCUT2D eigenvalue weighted by Gasteiger charge is -2.12. The number of hydrogen-bond donors (Lipinski definition) is 2. The second-order valence-corrected chi connectivity index (χ2v) is 8.24. The van der Waals surface area contributed by atoms with Gasteiger partial charge in [0.05, 0.1) is 0 Å². The summed E-state index contributed by atoms with van der Waals surface area (Å²) in [5, 5.41) is 7.39. The summed E-state index contributed by atoms with van der Waals surface area (Å²) in [6.07, 6.45) is 0.782. The molecule has 7 heteroatoms. The van der Waals surface area contributed by atoms with E-state index in [2.05, 4.69) is 22.5 Å². The number of aliphatic imine (C=N–C) groups is 1. The molecule has 0 aromatic heterocycles. The van der Waals surface area contributed by atoms with E-state index in [-0.39, 0.29) is 5.91 Å². The van der Waals surface area contributed by atoms with Crippen LogP contribution in [-0.2, 0) is 6.42 Å². The minimum atomic E-state index is 0.0172. The van der Waals surface area contributed by atoms with E-state index in [0.717, 1.165) is 41.8 Å². The molecule has 0 radical (unpaired) electrons. The number of carbonyl (C=O) groups is 1. The van der Waals surface area contributed by atoms with Gasteiger partial charge >= 0.3 is 0 Å². The fraction of sp³-hybridized carbons (Fsp3) is 0.364. The minimum Gasteiger partial charge on any atom is -0.357 e. The zero-order chi connectivity index (χ0) is 21.1. The normalized spacial score (nSPS) is 11.2. The summed E-state index contributed by atoms with van der Waals surface area (Å²) in [7, 11) is 3.53. The number of thioether (sulfide) groups is 1. The van der Waals surface area contributed by atoms with E-state index in [1.165, 1.54) is 4.90 Å². The fourth-order valence-corrected chi connectivity index (χ4v) is 3.52. The molecule has 29 heavy (non-hydrogen) atoms. The van der Waals surface area contributed by atoms with E-state index in [0.29, 0.717) is 12.1 Å². The van der Waals surface area contributed by atoms with Crippen LogP contribution in [0.25, 0.3) is 0 Å². The largest absolute Gasteiger partial charge is 0.357 e. The van der Waals surface area contributed by atoms with Crippen LogP contribution in [0, 0.1) is 0 Å². The summed E-state index contributed by atoms with van der Waals surface area (Å²) in [5.74, 6) is 1.76. The van der Waals surface area contributed by atoms with Crippen molar-refractivity contribution in [1.82, 2.24) is 15.5 Å². The Morgan fingerprint density at radius 2 is 1.90 bits per heavy atom. The summed E-state index contributed by atoms with van der Waals surface area (Å²) in [4.78, 5) is 19.5. The number of carbonyl (C=O) groups excluding carboxylic acids is 1. The van der Waals surface area contributed by atoms with Crippen LogP contribution in [0.15, 0.2) is 58.4 Å². The van der Waals surface area contributed by atoms with Crippen LogP contribution in [-0.4, -0.2) is 56.2 Å². The molecule has 0 unspecified atom stereocenters. The van der Waals surface area contributed by atoms with Crippen LogP contribution in [0.1, 0.15) is 22.8 Å². The third-order valence-corrected chi connectivity index (χ3v) is 5.34. The average molecular weight is 433 g/mol. The van der Waals surface area contributed by atoms with Crippen molar-refractivity contribution in [3.8, 4) is 0 Å².